The first-order chi connectivity index (χ1) is 15.9. The predicted molar refractivity (Wildman–Crippen MR) is 128 cm³/mol. The lowest BCUT2D eigenvalue weighted by Gasteiger charge is -2.17. The maximum Gasteiger partial charge on any atom is 0.283 e. The van der Waals surface area contributed by atoms with Crippen LogP contribution in [0.2, 0.25) is 5.02 Å². The number of carbonyl (C=O) groups excluding carboxylic acids is 2. The molecule has 0 unspecified atom stereocenters. The van der Waals surface area contributed by atoms with Gasteiger partial charge in [0.05, 0.1) is 17.1 Å². The fraction of sp³-hybridized carbons (Fsp3) is 0.0417. The number of thioether (sulfide) groups is 1. The Balaban J connectivity index is 1.56. The Labute approximate surface area is 197 Å². The highest BCUT2D eigenvalue weighted by molar-refractivity contribution is 8.14. The van der Waals surface area contributed by atoms with Crippen LogP contribution in [0.5, 0.6) is 0 Å². The Morgan fingerprint density at radius 2 is 1.79 bits per heavy atom. The topological polar surface area (TPSA) is 61.8 Å². The van der Waals surface area contributed by atoms with Crippen LogP contribution < -0.4 is 10.2 Å². The molecule has 4 rings (SSSR count). The number of aliphatic imine (C=N–C) groups is 1. The molecule has 33 heavy (non-hydrogen) atoms. The molecular formula is C24H16ClF2N3O2S. The quantitative estimate of drug-likeness (QED) is 0.471. The van der Waals surface area contributed by atoms with Crippen LogP contribution >= 0.6 is 23.4 Å². The Morgan fingerprint density at radius 3 is 2.48 bits per heavy atom. The molecule has 166 valence electrons. The third-order valence-corrected chi connectivity index (χ3v) is 5.73. The van der Waals surface area contributed by atoms with E-state index in [0.717, 1.165) is 23.4 Å². The third kappa shape index (κ3) is 5.47. The zero-order valence-electron chi connectivity index (χ0n) is 17.0. The molecule has 0 radical (unpaired) electrons. The fourth-order valence-electron chi connectivity index (χ4n) is 3.03. The summed E-state index contributed by atoms with van der Waals surface area (Å²) in [5.41, 5.74) is 1.37. The molecule has 1 aliphatic rings. The number of halogens is 3. The van der Waals surface area contributed by atoms with Gasteiger partial charge in [-0.2, -0.15) is 0 Å². The van der Waals surface area contributed by atoms with Crippen LogP contribution in [-0.4, -0.2) is 22.7 Å². The summed E-state index contributed by atoms with van der Waals surface area (Å²) in [5, 5.41) is 2.93. The van der Waals surface area contributed by atoms with Crippen molar-refractivity contribution in [3.63, 3.8) is 0 Å². The minimum atomic E-state index is -0.657. The Kier molecular flexibility index (Phi) is 6.86. The van der Waals surface area contributed by atoms with E-state index in [4.69, 9.17) is 11.6 Å². The van der Waals surface area contributed by atoms with Crippen LogP contribution in [0.1, 0.15) is 5.56 Å². The molecule has 2 amide bonds. The minimum Gasteiger partial charge on any atom is -0.323 e. The van der Waals surface area contributed by atoms with Gasteiger partial charge in [-0.15, -0.1) is 0 Å². The van der Waals surface area contributed by atoms with E-state index in [2.05, 4.69) is 10.3 Å². The average molecular weight is 484 g/mol. The normalized spacial score (nSPS) is 14.5. The molecule has 0 aliphatic carbocycles. The number of nitrogens with one attached hydrogen (secondary N) is 1. The molecule has 0 bridgehead atoms. The molecule has 0 saturated carbocycles. The molecule has 0 saturated heterocycles. The van der Waals surface area contributed by atoms with Gasteiger partial charge < -0.3 is 5.32 Å². The summed E-state index contributed by atoms with van der Waals surface area (Å²) in [4.78, 5) is 31.2. The Hall–Kier alpha value is -3.49. The Bertz CT molecular complexity index is 1260. The van der Waals surface area contributed by atoms with Crippen molar-refractivity contribution in [3.8, 4) is 0 Å². The highest BCUT2D eigenvalue weighted by Crippen LogP contribution is 2.30. The summed E-state index contributed by atoms with van der Waals surface area (Å²) in [6.45, 7) is 0. The second-order valence-corrected chi connectivity index (χ2v) is 8.29. The van der Waals surface area contributed by atoms with Crippen LogP contribution in [0.3, 0.4) is 0 Å². The summed E-state index contributed by atoms with van der Waals surface area (Å²) in [7, 11) is 0. The lowest BCUT2D eigenvalue weighted by atomic mass is 10.2. The van der Waals surface area contributed by atoms with Gasteiger partial charge >= 0.3 is 0 Å². The van der Waals surface area contributed by atoms with E-state index in [1.807, 2.05) is 30.3 Å². The fourth-order valence-corrected chi connectivity index (χ4v) is 4.00. The number of anilines is 2. The van der Waals surface area contributed by atoms with Gasteiger partial charge in [0.1, 0.15) is 17.3 Å². The number of benzene rings is 3. The molecule has 1 N–H and O–H groups in total. The van der Waals surface area contributed by atoms with E-state index in [1.54, 1.807) is 6.08 Å². The van der Waals surface area contributed by atoms with Gasteiger partial charge in [-0.3, -0.25) is 14.5 Å². The van der Waals surface area contributed by atoms with Crippen LogP contribution in [0.15, 0.2) is 83.5 Å². The van der Waals surface area contributed by atoms with E-state index < -0.39 is 23.4 Å². The van der Waals surface area contributed by atoms with E-state index in [1.165, 1.54) is 41.3 Å². The minimum absolute atomic E-state index is 0.00510. The summed E-state index contributed by atoms with van der Waals surface area (Å²) in [6, 6.07) is 18.5. The van der Waals surface area contributed by atoms with Crippen molar-refractivity contribution >= 4 is 57.8 Å². The summed E-state index contributed by atoms with van der Waals surface area (Å²) < 4.78 is 27.4. The maximum absolute atomic E-state index is 14.0. The molecule has 0 atom stereocenters. The molecule has 0 aromatic heterocycles. The first-order valence-corrected chi connectivity index (χ1v) is 11.1. The molecule has 5 nitrogen and oxygen atoms in total. The molecule has 3 aromatic carbocycles. The van der Waals surface area contributed by atoms with Crippen molar-refractivity contribution in [3.05, 3.63) is 101 Å². The van der Waals surface area contributed by atoms with Crippen LogP contribution in [-0.2, 0) is 9.59 Å². The zero-order chi connectivity index (χ0) is 23.4. The second kappa shape index (κ2) is 9.97. The largest absolute Gasteiger partial charge is 0.323 e. The van der Waals surface area contributed by atoms with Gasteiger partial charge in [-0.1, -0.05) is 53.7 Å². The molecule has 9 heteroatoms. The second-order valence-electron chi connectivity index (χ2n) is 6.91. The average Bonchev–Trinajstić information content (AvgIpc) is 3.10. The first kappa shape index (κ1) is 22.7. The van der Waals surface area contributed by atoms with Crippen molar-refractivity contribution in [2.45, 2.75) is 0 Å². The van der Waals surface area contributed by atoms with E-state index in [0.29, 0.717) is 5.69 Å². The molecule has 0 spiro atoms. The zero-order valence-corrected chi connectivity index (χ0v) is 18.5. The van der Waals surface area contributed by atoms with Crippen LogP contribution in [0.4, 0.5) is 20.2 Å². The number of carbonyl (C=O) groups is 2. The highest BCUT2D eigenvalue weighted by Gasteiger charge is 2.32. The van der Waals surface area contributed by atoms with E-state index >= 15 is 0 Å². The number of hydrogen-bond donors (Lipinski definition) is 1. The molecule has 1 aliphatic heterocycles. The SMILES string of the molecule is O=C(CSC1=N/C(=C/c2ccccc2)C(=O)N1c1ccc(F)cc1)Nc1ccc(Cl)cc1F. The van der Waals surface area contributed by atoms with Gasteiger partial charge in [0, 0.05) is 5.02 Å². The van der Waals surface area contributed by atoms with Gasteiger partial charge in [0.15, 0.2) is 5.17 Å². The van der Waals surface area contributed by atoms with Gasteiger partial charge in [-0.05, 0) is 54.1 Å². The lowest BCUT2D eigenvalue weighted by molar-refractivity contribution is -0.114. The number of amidine groups is 1. The molecule has 1 heterocycles. The third-order valence-electron chi connectivity index (χ3n) is 4.55. The number of nitrogens with zero attached hydrogens (tertiary/aromatic N) is 2. The number of amides is 2. The van der Waals surface area contributed by atoms with Gasteiger partial charge in [-0.25, -0.2) is 13.8 Å². The summed E-state index contributed by atoms with van der Waals surface area (Å²) in [5.74, 6) is -2.13. The van der Waals surface area contributed by atoms with E-state index in [-0.39, 0.29) is 27.3 Å². The summed E-state index contributed by atoms with van der Waals surface area (Å²) in [6.07, 6.45) is 1.63. The van der Waals surface area contributed by atoms with E-state index in [9.17, 15) is 18.4 Å². The number of rotatable bonds is 5. The van der Waals surface area contributed by atoms with Crippen molar-refractivity contribution in [1.29, 1.82) is 0 Å². The predicted octanol–water partition coefficient (Wildman–Crippen LogP) is 5.73. The Morgan fingerprint density at radius 1 is 1.06 bits per heavy atom. The van der Waals surface area contributed by atoms with Crippen LogP contribution in [0.25, 0.3) is 6.08 Å². The van der Waals surface area contributed by atoms with Crippen molar-refractivity contribution in [2.24, 2.45) is 4.99 Å². The summed E-state index contributed by atoms with van der Waals surface area (Å²) >= 11 is 6.74. The standard InChI is InChI=1S/C24H16ClF2N3O2S/c25-16-6-11-20(19(27)13-16)28-22(31)14-33-24-29-21(12-15-4-2-1-3-5-15)23(32)30(24)18-9-7-17(26)8-10-18/h1-13H,14H2,(H,28,31)/b21-12+. The van der Waals surface area contributed by atoms with Crippen molar-refractivity contribution < 1.29 is 18.4 Å². The van der Waals surface area contributed by atoms with Crippen molar-refractivity contribution in [2.75, 3.05) is 16.0 Å². The van der Waals surface area contributed by atoms with Gasteiger partial charge in [0.25, 0.3) is 5.91 Å². The van der Waals surface area contributed by atoms with Crippen LogP contribution in [0, 0.1) is 11.6 Å². The van der Waals surface area contributed by atoms with Gasteiger partial charge in [0.2, 0.25) is 5.91 Å². The van der Waals surface area contributed by atoms with Crippen molar-refractivity contribution in [1.82, 2.24) is 0 Å². The monoisotopic (exact) mass is 483 g/mol. The molecule has 0 fully saturated rings. The smallest absolute Gasteiger partial charge is 0.283 e. The first-order valence-electron chi connectivity index (χ1n) is 9.74. The highest BCUT2D eigenvalue weighted by atomic mass is 35.5. The lowest BCUT2D eigenvalue weighted by Crippen LogP contribution is -2.31. The maximum atomic E-state index is 14.0. The molecule has 3 aromatic rings. The number of hydrogen-bond acceptors (Lipinski definition) is 4. The molecular weight excluding hydrogens is 468 g/mol.